The van der Waals surface area contributed by atoms with Crippen molar-refractivity contribution in [3.8, 4) is 17.1 Å². The van der Waals surface area contributed by atoms with Crippen molar-refractivity contribution in [1.29, 1.82) is 0 Å². The van der Waals surface area contributed by atoms with Crippen LogP contribution in [0.3, 0.4) is 0 Å². The number of fused-ring (bicyclic) bond motifs is 1. The molecule has 9 heteroatoms. The molecule has 202 valence electrons. The highest BCUT2D eigenvalue weighted by Gasteiger charge is 2.42. The van der Waals surface area contributed by atoms with Crippen LogP contribution in [-0.2, 0) is 12.8 Å². The Hall–Kier alpha value is -3.82. The van der Waals surface area contributed by atoms with Gasteiger partial charge >= 0.3 is 0 Å². The largest absolute Gasteiger partial charge is 0.493 e. The van der Waals surface area contributed by atoms with Crippen LogP contribution >= 0.6 is 0 Å². The third kappa shape index (κ3) is 5.79. The molecule has 9 nitrogen and oxygen atoms in total. The van der Waals surface area contributed by atoms with Crippen LogP contribution in [-0.4, -0.2) is 82.0 Å². The summed E-state index contributed by atoms with van der Waals surface area (Å²) in [4.78, 5) is 34.2. The number of nitrogens with zero attached hydrogens (tertiary/aromatic N) is 5. The molecule has 0 unspecified atom stereocenters. The number of ether oxygens (including phenoxy) is 1. The molecule has 0 atom stereocenters. The summed E-state index contributed by atoms with van der Waals surface area (Å²) in [5.41, 5.74) is 10.4. The average Bonchev–Trinajstić information content (AvgIpc) is 3.64. The maximum atomic E-state index is 13.0. The summed E-state index contributed by atoms with van der Waals surface area (Å²) in [6.45, 7) is 4.63. The molecule has 1 amide bonds. The van der Waals surface area contributed by atoms with Crippen LogP contribution in [0.15, 0.2) is 54.9 Å². The lowest BCUT2D eigenvalue weighted by Gasteiger charge is -2.32. The Morgan fingerprint density at radius 1 is 1.00 bits per heavy atom. The van der Waals surface area contributed by atoms with Gasteiger partial charge < -0.3 is 25.3 Å². The monoisotopic (exact) mass is 525 g/mol. The van der Waals surface area contributed by atoms with E-state index in [1.54, 1.807) is 12.4 Å². The van der Waals surface area contributed by atoms with Crippen molar-refractivity contribution in [2.75, 3.05) is 46.4 Å². The number of likely N-dealkylation sites (N-methyl/N-ethyl adjacent to an activating group) is 1. The molecule has 6 rings (SSSR count). The van der Waals surface area contributed by atoms with Gasteiger partial charge in [0, 0.05) is 73.9 Å². The number of H-pyrrole nitrogens is 1. The number of amides is 1. The molecule has 39 heavy (non-hydrogen) atoms. The molecule has 4 aromatic rings. The molecule has 0 spiro atoms. The Morgan fingerprint density at radius 3 is 2.62 bits per heavy atom. The van der Waals surface area contributed by atoms with Gasteiger partial charge in [0.05, 0.1) is 18.0 Å². The fourth-order valence-corrected chi connectivity index (χ4v) is 5.01. The maximum absolute atomic E-state index is 13.0. The zero-order chi connectivity index (χ0) is 26.8. The highest BCUT2D eigenvalue weighted by molar-refractivity contribution is 5.98. The first-order valence-corrected chi connectivity index (χ1v) is 13.7. The van der Waals surface area contributed by atoms with Crippen LogP contribution in [0.25, 0.3) is 22.3 Å². The quantitative estimate of drug-likeness (QED) is 0.345. The number of aryl methyl sites for hydroxylation is 2. The Labute approximate surface area is 228 Å². The van der Waals surface area contributed by atoms with E-state index >= 15 is 0 Å². The van der Waals surface area contributed by atoms with E-state index in [1.807, 2.05) is 29.2 Å². The van der Waals surface area contributed by atoms with Crippen molar-refractivity contribution in [2.24, 2.45) is 11.1 Å². The molecule has 1 aromatic carbocycles. The van der Waals surface area contributed by atoms with Crippen molar-refractivity contribution in [2.45, 2.75) is 25.7 Å². The number of hydrogen-bond donors (Lipinski definition) is 2. The van der Waals surface area contributed by atoms with E-state index in [0.717, 1.165) is 79.3 Å². The molecular formula is C30H35N7O2. The third-order valence-electron chi connectivity index (χ3n) is 7.98. The first kappa shape index (κ1) is 25.5. The summed E-state index contributed by atoms with van der Waals surface area (Å²) in [5, 5.41) is 1.04. The fraction of sp³-hybridized carbons (Fsp3) is 0.400. The number of nitrogens with one attached hydrogen (secondary N) is 1. The molecule has 1 aliphatic carbocycles. The van der Waals surface area contributed by atoms with E-state index in [2.05, 4.69) is 45.1 Å². The van der Waals surface area contributed by atoms with Gasteiger partial charge in [-0.1, -0.05) is 6.07 Å². The standard InChI is InChI=1S/C30H35N7O2/c1-36-12-14-37(15-13-36)29(38)27-17-22-16-21(2-4-24(22)34-27)3-5-28-33-11-7-25(35-28)26-18-23(6-10-32-26)39-20-30(19-31)8-9-30/h2,4,6-7,10-11,16-18,34H,3,5,8-9,12-15,19-20,31H2,1H3. The first-order chi connectivity index (χ1) is 19.0. The zero-order valence-corrected chi connectivity index (χ0v) is 22.4. The SMILES string of the molecule is CN1CCN(C(=O)c2cc3cc(CCc4nccc(-c5cc(OCC6(CN)CC6)ccn5)n4)ccc3[nH]2)CC1. The molecule has 4 heterocycles. The van der Waals surface area contributed by atoms with Crippen LogP contribution in [0, 0.1) is 5.41 Å². The van der Waals surface area contributed by atoms with E-state index in [-0.39, 0.29) is 11.3 Å². The van der Waals surface area contributed by atoms with Crippen molar-refractivity contribution in [1.82, 2.24) is 29.7 Å². The van der Waals surface area contributed by atoms with E-state index in [1.165, 1.54) is 5.56 Å². The third-order valence-corrected chi connectivity index (χ3v) is 7.98. The second kappa shape index (κ2) is 10.7. The van der Waals surface area contributed by atoms with Crippen LogP contribution < -0.4 is 10.5 Å². The number of rotatable bonds is 9. The second-order valence-electron chi connectivity index (χ2n) is 10.9. The van der Waals surface area contributed by atoms with Crippen LogP contribution in [0.4, 0.5) is 0 Å². The van der Waals surface area contributed by atoms with Gasteiger partial charge in [0.15, 0.2) is 0 Å². The van der Waals surface area contributed by atoms with Crippen molar-refractivity contribution >= 4 is 16.8 Å². The predicted molar refractivity (Wildman–Crippen MR) is 151 cm³/mol. The lowest BCUT2D eigenvalue weighted by Crippen LogP contribution is -2.47. The van der Waals surface area contributed by atoms with Crippen LogP contribution in [0.5, 0.6) is 5.75 Å². The predicted octanol–water partition coefficient (Wildman–Crippen LogP) is 3.31. The summed E-state index contributed by atoms with van der Waals surface area (Å²) in [5.74, 6) is 1.62. The van der Waals surface area contributed by atoms with Crippen LogP contribution in [0.1, 0.15) is 34.7 Å². The molecule has 0 radical (unpaired) electrons. The number of piperazine rings is 1. The second-order valence-corrected chi connectivity index (χ2v) is 10.9. The molecule has 1 saturated carbocycles. The highest BCUT2D eigenvalue weighted by Crippen LogP contribution is 2.44. The molecule has 2 aliphatic rings. The van der Waals surface area contributed by atoms with E-state index in [9.17, 15) is 4.79 Å². The normalized spacial score (nSPS) is 16.9. The average molecular weight is 526 g/mol. The smallest absolute Gasteiger partial charge is 0.270 e. The van der Waals surface area contributed by atoms with E-state index in [4.69, 9.17) is 15.5 Å². The Kier molecular flexibility index (Phi) is 7.01. The molecular weight excluding hydrogens is 490 g/mol. The topological polar surface area (TPSA) is 113 Å². The van der Waals surface area contributed by atoms with Crippen molar-refractivity contribution < 1.29 is 9.53 Å². The minimum absolute atomic E-state index is 0.0700. The van der Waals surface area contributed by atoms with Crippen molar-refractivity contribution in [3.05, 3.63) is 71.9 Å². The number of carbonyl (C=O) groups excluding carboxylic acids is 1. The number of pyridine rings is 1. The van der Waals surface area contributed by atoms with E-state index in [0.29, 0.717) is 25.3 Å². The number of hydrogen-bond acceptors (Lipinski definition) is 7. The molecule has 3 aromatic heterocycles. The van der Waals surface area contributed by atoms with Gasteiger partial charge in [0.2, 0.25) is 0 Å². The number of aromatic amines is 1. The Bertz CT molecular complexity index is 1470. The van der Waals surface area contributed by atoms with Gasteiger partial charge in [-0.25, -0.2) is 9.97 Å². The molecule has 1 saturated heterocycles. The molecule has 1 aliphatic heterocycles. The minimum atomic E-state index is 0.0700. The number of aromatic nitrogens is 4. The number of nitrogens with two attached hydrogens (primary N) is 1. The van der Waals surface area contributed by atoms with Gasteiger partial charge in [-0.15, -0.1) is 0 Å². The minimum Gasteiger partial charge on any atom is -0.493 e. The van der Waals surface area contributed by atoms with Gasteiger partial charge in [-0.3, -0.25) is 9.78 Å². The Morgan fingerprint density at radius 2 is 1.82 bits per heavy atom. The van der Waals surface area contributed by atoms with Gasteiger partial charge in [-0.05, 0) is 62.2 Å². The zero-order valence-electron chi connectivity index (χ0n) is 22.4. The molecule has 3 N–H and O–H groups in total. The molecule has 0 bridgehead atoms. The van der Waals surface area contributed by atoms with E-state index < -0.39 is 0 Å². The summed E-state index contributed by atoms with van der Waals surface area (Å²) < 4.78 is 6.02. The molecule has 2 fully saturated rings. The van der Waals surface area contributed by atoms with Gasteiger partial charge in [0.1, 0.15) is 17.3 Å². The summed E-state index contributed by atoms with van der Waals surface area (Å²) in [6, 6.07) is 13.9. The van der Waals surface area contributed by atoms with Crippen molar-refractivity contribution in [3.63, 3.8) is 0 Å². The Balaban J connectivity index is 1.10. The summed E-state index contributed by atoms with van der Waals surface area (Å²) >= 11 is 0. The lowest BCUT2D eigenvalue weighted by molar-refractivity contribution is 0.0659. The van der Waals surface area contributed by atoms with Gasteiger partial charge in [-0.2, -0.15) is 0 Å². The fourth-order valence-electron chi connectivity index (χ4n) is 5.01. The number of benzene rings is 1. The lowest BCUT2D eigenvalue weighted by atomic mass is 10.1. The number of carbonyl (C=O) groups is 1. The highest BCUT2D eigenvalue weighted by atomic mass is 16.5. The first-order valence-electron chi connectivity index (χ1n) is 13.7. The summed E-state index contributed by atoms with van der Waals surface area (Å²) in [6.07, 6.45) is 7.29. The van der Waals surface area contributed by atoms with Gasteiger partial charge in [0.25, 0.3) is 5.91 Å². The summed E-state index contributed by atoms with van der Waals surface area (Å²) in [7, 11) is 2.09. The van der Waals surface area contributed by atoms with Crippen LogP contribution in [0.2, 0.25) is 0 Å². The maximum Gasteiger partial charge on any atom is 0.270 e.